The van der Waals surface area contributed by atoms with E-state index in [1.807, 2.05) is 67.6 Å². The molecule has 7 heteroatoms. The smallest absolute Gasteiger partial charge is 0.363 e. The summed E-state index contributed by atoms with van der Waals surface area (Å²) in [5, 5.41) is 0.656. The first-order chi connectivity index (χ1) is 15.5. The van der Waals surface area contributed by atoms with E-state index in [0.717, 1.165) is 15.6 Å². The standard InChI is InChI=1S/C25H19BrClNO4/c1-2-30-23-14-16(10-11-22(23)31-15-17-6-5-7-18(27)12-17)13-21-25(29)32-24(28-21)19-8-3-4-9-20(19)26/h3-14H,2,15H2,1H3/b21-13-. The van der Waals surface area contributed by atoms with Crippen LogP contribution in [0.15, 0.2) is 81.9 Å². The summed E-state index contributed by atoms with van der Waals surface area (Å²) in [5.41, 5.74) is 2.62. The summed E-state index contributed by atoms with van der Waals surface area (Å²) < 4.78 is 17.8. The number of rotatable bonds is 7. The lowest BCUT2D eigenvalue weighted by Gasteiger charge is -2.13. The van der Waals surface area contributed by atoms with Gasteiger partial charge in [0.1, 0.15) is 6.61 Å². The van der Waals surface area contributed by atoms with Crippen molar-refractivity contribution in [2.75, 3.05) is 6.61 Å². The molecule has 0 N–H and O–H groups in total. The molecule has 0 saturated carbocycles. The predicted octanol–water partition coefficient (Wildman–Crippen LogP) is 6.42. The van der Waals surface area contributed by atoms with Gasteiger partial charge in [0.2, 0.25) is 5.90 Å². The molecule has 0 aliphatic carbocycles. The van der Waals surface area contributed by atoms with E-state index in [2.05, 4.69) is 20.9 Å². The summed E-state index contributed by atoms with van der Waals surface area (Å²) >= 11 is 9.50. The number of esters is 1. The number of hydrogen-bond acceptors (Lipinski definition) is 5. The molecule has 0 amide bonds. The van der Waals surface area contributed by atoms with Crippen LogP contribution in [0.5, 0.6) is 11.5 Å². The van der Waals surface area contributed by atoms with Gasteiger partial charge in [-0.05, 0) is 76.5 Å². The monoisotopic (exact) mass is 511 g/mol. The first-order valence-corrected chi connectivity index (χ1v) is 11.1. The van der Waals surface area contributed by atoms with Gasteiger partial charge in [-0.1, -0.05) is 41.9 Å². The first kappa shape index (κ1) is 22.1. The Hall–Kier alpha value is -3.09. The van der Waals surface area contributed by atoms with E-state index in [9.17, 15) is 4.79 Å². The van der Waals surface area contributed by atoms with Gasteiger partial charge in [-0.2, -0.15) is 0 Å². The van der Waals surface area contributed by atoms with Crippen molar-refractivity contribution >= 4 is 45.5 Å². The highest BCUT2D eigenvalue weighted by Crippen LogP contribution is 2.31. The third-order valence-corrected chi connectivity index (χ3v) is 5.51. The van der Waals surface area contributed by atoms with Crippen molar-refractivity contribution in [1.29, 1.82) is 0 Å². The second kappa shape index (κ2) is 10.0. The number of benzene rings is 3. The van der Waals surface area contributed by atoms with Gasteiger partial charge in [0.05, 0.1) is 12.2 Å². The number of nitrogens with zero attached hydrogens (tertiary/aromatic N) is 1. The van der Waals surface area contributed by atoms with Crippen LogP contribution in [0.3, 0.4) is 0 Å². The summed E-state index contributed by atoms with van der Waals surface area (Å²) in [6, 6.07) is 20.4. The second-order valence-corrected chi connectivity index (χ2v) is 8.16. The van der Waals surface area contributed by atoms with Gasteiger partial charge in [-0.3, -0.25) is 0 Å². The highest BCUT2D eigenvalue weighted by Gasteiger charge is 2.25. The van der Waals surface area contributed by atoms with Gasteiger partial charge >= 0.3 is 5.97 Å². The Morgan fingerprint density at radius 3 is 2.66 bits per heavy atom. The number of halogens is 2. The normalized spacial score (nSPS) is 14.3. The highest BCUT2D eigenvalue weighted by molar-refractivity contribution is 9.10. The zero-order valence-electron chi connectivity index (χ0n) is 17.2. The van der Waals surface area contributed by atoms with E-state index in [1.54, 1.807) is 12.1 Å². The molecule has 3 aromatic rings. The van der Waals surface area contributed by atoms with Gasteiger partial charge < -0.3 is 14.2 Å². The summed E-state index contributed by atoms with van der Waals surface area (Å²) in [6.07, 6.45) is 1.66. The number of hydrogen-bond donors (Lipinski definition) is 0. The van der Waals surface area contributed by atoms with Gasteiger partial charge in [0, 0.05) is 9.50 Å². The van der Waals surface area contributed by atoms with Crippen molar-refractivity contribution in [1.82, 2.24) is 0 Å². The van der Waals surface area contributed by atoms with Crippen molar-refractivity contribution in [3.05, 3.63) is 98.6 Å². The van der Waals surface area contributed by atoms with Crippen LogP contribution in [0.2, 0.25) is 5.02 Å². The van der Waals surface area contributed by atoms with Gasteiger partial charge in [0.15, 0.2) is 17.2 Å². The maximum absolute atomic E-state index is 12.4. The largest absolute Gasteiger partial charge is 0.490 e. The van der Waals surface area contributed by atoms with E-state index in [-0.39, 0.29) is 11.6 Å². The second-order valence-electron chi connectivity index (χ2n) is 6.87. The fraction of sp³-hybridized carbons (Fsp3) is 0.120. The van der Waals surface area contributed by atoms with Crippen LogP contribution >= 0.6 is 27.5 Å². The molecule has 0 atom stereocenters. The molecule has 32 heavy (non-hydrogen) atoms. The average molecular weight is 513 g/mol. The molecule has 0 spiro atoms. The van der Waals surface area contributed by atoms with Crippen molar-refractivity contribution in [2.45, 2.75) is 13.5 Å². The SMILES string of the molecule is CCOc1cc(/C=C2\N=C(c3ccccc3Br)OC2=O)ccc1OCc1cccc(Cl)c1. The third-order valence-electron chi connectivity index (χ3n) is 4.58. The quantitative estimate of drug-likeness (QED) is 0.271. The molecular formula is C25H19BrClNO4. The van der Waals surface area contributed by atoms with E-state index >= 15 is 0 Å². The predicted molar refractivity (Wildman–Crippen MR) is 128 cm³/mol. The maximum Gasteiger partial charge on any atom is 0.363 e. The van der Waals surface area contributed by atoms with Crippen LogP contribution in [0.1, 0.15) is 23.6 Å². The molecule has 1 aliphatic rings. The first-order valence-electron chi connectivity index (χ1n) is 9.95. The Bertz CT molecular complexity index is 1220. The molecule has 162 valence electrons. The minimum atomic E-state index is -0.505. The molecule has 0 unspecified atom stereocenters. The molecule has 4 rings (SSSR count). The van der Waals surface area contributed by atoms with Gasteiger partial charge in [-0.15, -0.1) is 0 Å². The van der Waals surface area contributed by atoms with Crippen LogP contribution in [0.25, 0.3) is 6.08 Å². The number of aliphatic imine (C=N–C) groups is 1. The fourth-order valence-corrected chi connectivity index (χ4v) is 3.77. The molecule has 0 bridgehead atoms. The highest BCUT2D eigenvalue weighted by atomic mass is 79.9. The summed E-state index contributed by atoms with van der Waals surface area (Å²) in [6.45, 7) is 2.72. The molecule has 0 radical (unpaired) electrons. The van der Waals surface area contributed by atoms with E-state index in [0.29, 0.717) is 35.3 Å². The molecule has 0 saturated heterocycles. The average Bonchev–Trinajstić information content (AvgIpc) is 3.13. The molecule has 0 aromatic heterocycles. The summed E-state index contributed by atoms with van der Waals surface area (Å²) in [7, 11) is 0. The van der Waals surface area contributed by atoms with Crippen LogP contribution in [0, 0.1) is 0 Å². The summed E-state index contributed by atoms with van der Waals surface area (Å²) in [5.74, 6) is 0.931. The number of carbonyl (C=O) groups excluding carboxylic acids is 1. The lowest BCUT2D eigenvalue weighted by Crippen LogP contribution is -2.05. The number of ether oxygens (including phenoxy) is 3. The van der Waals surface area contributed by atoms with Gasteiger partial charge in [0.25, 0.3) is 0 Å². The molecular weight excluding hydrogens is 494 g/mol. The van der Waals surface area contributed by atoms with E-state index in [4.69, 9.17) is 25.8 Å². The van der Waals surface area contributed by atoms with E-state index in [1.165, 1.54) is 0 Å². The maximum atomic E-state index is 12.4. The third kappa shape index (κ3) is 5.21. The molecule has 1 heterocycles. The van der Waals surface area contributed by atoms with Gasteiger partial charge in [-0.25, -0.2) is 9.79 Å². The Balaban J connectivity index is 1.57. The minimum absolute atomic E-state index is 0.214. The van der Waals surface area contributed by atoms with Crippen LogP contribution < -0.4 is 9.47 Å². The molecule has 0 fully saturated rings. The fourth-order valence-electron chi connectivity index (χ4n) is 3.11. The molecule has 5 nitrogen and oxygen atoms in total. The Kier molecular flexibility index (Phi) is 6.93. The van der Waals surface area contributed by atoms with Crippen molar-refractivity contribution in [2.24, 2.45) is 4.99 Å². The Morgan fingerprint density at radius 2 is 1.88 bits per heavy atom. The zero-order valence-corrected chi connectivity index (χ0v) is 19.5. The Morgan fingerprint density at radius 1 is 1.03 bits per heavy atom. The molecule has 3 aromatic carbocycles. The van der Waals surface area contributed by atoms with Crippen LogP contribution in [0.4, 0.5) is 0 Å². The minimum Gasteiger partial charge on any atom is -0.490 e. The summed E-state index contributed by atoms with van der Waals surface area (Å²) in [4.78, 5) is 16.7. The zero-order chi connectivity index (χ0) is 22.5. The molecule has 1 aliphatic heterocycles. The van der Waals surface area contributed by atoms with Crippen LogP contribution in [-0.2, 0) is 16.1 Å². The topological polar surface area (TPSA) is 57.1 Å². The Labute approximate surface area is 199 Å². The van der Waals surface area contributed by atoms with Crippen LogP contribution in [-0.4, -0.2) is 18.5 Å². The number of carbonyl (C=O) groups is 1. The van der Waals surface area contributed by atoms with Crippen molar-refractivity contribution in [3.8, 4) is 11.5 Å². The number of cyclic esters (lactones) is 1. The van der Waals surface area contributed by atoms with Crippen molar-refractivity contribution < 1.29 is 19.0 Å². The van der Waals surface area contributed by atoms with E-state index < -0.39 is 5.97 Å². The lowest BCUT2D eigenvalue weighted by molar-refractivity contribution is -0.129. The lowest BCUT2D eigenvalue weighted by atomic mass is 10.1. The van der Waals surface area contributed by atoms with Crippen molar-refractivity contribution in [3.63, 3.8) is 0 Å².